The Morgan fingerprint density at radius 2 is 1.17 bits per heavy atom. The van der Waals surface area contributed by atoms with Crippen LogP contribution >= 0.6 is 0 Å². The van der Waals surface area contributed by atoms with Crippen molar-refractivity contribution in [1.82, 2.24) is 4.90 Å². The molecule has 0 aromatic rings. The van der Waals surface area contributed by atoms with Gasteiger partial charge in [0, 0.05) is 0 Å². The highest BCUT2D eigenvalue weighted by molar-refractivity contribution is 5.72. The number of esters is 3. The zero-order valence-corrected chi connectivity index (χ0v) is 35.5. The van der Waals surface area contributed by atoms with Gasteiger partial charge in [-0.05, 0) is 101 Å². The Kier molecular flexibility index (Phi) is 32.0. The molecular weight excluding hydrogens is 675 g/mol. The van der Waals surface area contributed by atoms with E-state index in [-0.39, 0.29) is 48.5 Å². The van der Waals surface area contributed by atoms with Crippen LogP contribution in [0.25, 0.3) is 0 Å². The summed E-state index contributed by atoms with van der Waals surface area (Å²) in [6, 6.07) is 0. The first kappa shape index (κ1) is 49.5. The number of carbonyl (C=O) groups excluding carboxylic acids is 3. The standard InChI is InChI=1S/C47H81NO6/c1-6-11-22-32-42-39-45(49)52-36-27-20-16-14-18-24-30-41(47(51)54-38-29-26-35-48(9-4)10-5)31-25-19-15-17-21-28-37-53-46(50)40-43(33-23-12-7-2)44(42)34-13-8-3/h41-43H,3,6-7,9-12,14-33,35-40H2,1-2,4-5H3. The average molecular weight is 756 g/mol. The van der Waals surface area contributed by atoms with Crippen molar-refractivity contribution < 1.29 is 28.6 Å². The van der Waals surface area contributed by atoms with Gasteiger partial charge in [0.15, 0.2) is 0 Å². The summed E-state index contributed by atoms with van der Waals surface area (Å²) >= 11 is 0. The zero-order valence-electron chi connectivity index (χ0n) is 35.5. The summed E-state index contributed by atoms with van der Waals surface area (Å²) in [5.74, 6) is -0.526. The van der Waals surface area contributed by atoms with Gasteiger partial charge in [-0.2, -0.15) is 0 Å². The molecule has 1 fully saturated rings. The molecule has 7 nitrogen and oxygen atoms in total. The number of hydrogen-bond donors (Lipinski definition) is 0. The van der Waals surface area contributed by atoms with E-state index in [1.165, 1.54) is 0 Å². The molecule has 2 atom stereocenters. The molecule has 0 bridgehead atoms. The molecule has 0 saturated carbocycles. The molecule has 1 rings (SSSR count). The highest BCUT2D eigenvalue weighted by Gasteiger charge is 2.28. The van der Waals surface area contributed by atoms with E-state index in [4.69, 9.17) is 14.2 Å². The van der Waals surface area contributed by atoms with Gasteiger partial charge in [-0.3, -0.25) is 14.4 Å². The lowest BCUT2D eigenvalue weighted by Crippen LogP contribution is -2.24. The maximum absolute atomic E-state index is 13.2. The van der Waals surface area contributed by atoms with Crippen molar-refractivity contribution in [2.45, 2.75) is 195 Å². The number of carbonyl (C=O) groups is 3. The summed E-state index contributed by atoms with van der Waals surface area (Å²) in [5.41, 5.74) is 9.95. The Morgan fingerprint density at radius 3 is 1.63 bits per heavy atom. The quantitative estimate of drug-likeness (QED) is 0.0671. The molecule has 2 unspecified atom stereocenters. The molecule has 0 amide bonds. The van der Waals surface area contributed by atoms with Gasteiger partial charge in [0.25, 0.3) is 0 Å². The number of cyclic esters (lactones) is 2. The van der Waals surface area contributed by atoms with E-state index in [9.17, 15) is 14.4 Å². The fourth-order valence-electron chi connectivity index (χ4n) is 7.61. The predicted octanol–water partition coefficient (Wildman–Crippen LogP) is 12.0. The molecule has 0 radical (unpaired) electrons. The summed E-state index contributed by atoms with van der Waals surface area (Å²) in [5, 5.41) is 0. The van der Waals surface area contributed by atoms with Gasteiger partial charge in [0.2, 0.25) is 0 Å². The first-order valence-corrected chi connectivity index (χ1v) is 22.5. The van der Waals surface area contributed by atoms with Crippen molar-refractivity contribution >= 4 is 17.9 Å². The molecule has 1 heterocycles. The monoisotopic (exact) mass is 756 g/mol. The minimum absolute atomic E-state index is 0.00867. The highest BCUT2D eigenvalue weighted by atomic mass is 16.5. The van der Waals surface area contributed by atoms with Crippen LogP contribution in [0.15, 0.2) is 29.3 Å². The maximum Gasteiger partial charge on any atom is 0.308 e. The van der Waals surface area contributed by atoms with Crippen molar-refractivity contribution in [3.63, 3.8) is 0 Å². The van der Waals surface area contributed by atoms with E-state index in [0.29, 0.717) is 19.8 Å². The molecule has 1 aliphatic heterocycles. The lowest BCUT2D eigenvalue weighted by molar-refractivity contribution is -0.149. The van der Waals surface area contributed by atoms with Gasteiger partial charge >= 0.3 is 17.9 Å². The van der Waals surface area contributed by atoms with Crippen LogP contribution in [0.5, 0.6) is 0 Å². The van der Waals surface area contributed by atoms with Crippen LogP contribution in [0.4, 0.5) is 0 Å². The molecule has 54 heavy (non-hydrogen) atoms. The van der Waals surface area contributed by atoms with Crippen LogP contribution in [0.3, 0.4) is 0 Å². The second-order valence-corrected chi connectivity index (χ2v) is 15.5. The Labute approximate surface area is 331 Å². The smallest absolute Gasteiger partial charge is 0.308 e. The molecule has 0 spiro atoms. The molecule has 310 valence electrons. The number of allylic oxidation sites excluding steroid dienone is 1. The van der Waals surface area contributed by atoms with E-state index < -0.39 is 0 Å². The fourth-order valence-corrected chi connectivity index (χ4v) is 7.61. The first-order chi connectivity index (χ1) is 26.4. The lowest BCUT2D eigenvalue weighted by Gasteiger charge is -2.25. The third-order valence-corrected chi connectivity index (χ3v) is 11.1. The van der Waals surface area contributed by atoms with Gasteiger partial charge in [-0.15, -0.1) is 0 Å². The Morgan fingerprint density at radius 1 is 0.685 bits per heavy atom. The normalized spacial score (nSPS) is 21.3. The van der Waals surface area contributed by atoms with E-state index in [1.54, 1.807) is 0 Å². The summed E-state index contributed by atoms with van der Waals surface area (Å²) in [7, 11) is 0. The van der Waals surface area contributed by atoms with E-state index in [2.05, 4.69) is 56.4 Å². The number of hydrogen-bond acceptors (Lipinski definition) is 7. The van der Waals surface area contributed by atoms with Crippen molar-refractivity contribution in [3.05, 3.63) is 29.3 Å². The lowest BCUT2D eigenvalue weighted by atomic mass is 9.79. The van der Waals surface area contributed by atoms with Crippen LogP contribution in [0, 0.1) is 17.8 Å². The molecular formula is C47H81NO6. The molecule has 0 aliphatic carbocycles. The molecule has 0 N–H and O–H groups in total. The first-order valence-electron chi connectivity index (χ1n) is 22.5. The zero-order chi connectivity index (χ0) is 39.5. The maximum atomic E-state index is 13.2. The van der Waals surface area contributed by atoms with Crippen LogP contribution in [0.2, 0.25) is 0 Å². The SMILES string of the molecule is C=C=C=C=C1C(CCCCC)CC(=O)OCCCCCCCCC(C(=O)OCCCCN(CC)CC)CCCCCCCCOC(=O)CC1CCCCC. The molecule has 0 aromatic carbocycles. The van der Waals surface area contributed by atoms with Gasteiger partial charge < -0.3 is 19.1 Å². The summed E-state index contributed by atoms with van der Waals surface area (Å²) < 4.78 is 17.4. The minimum Gasteiger partial charge on any atom is -0.466 e. The third kappa shape index (κ3) is 25.5. The van der Waals surface area contributed by atoms with Crippen LogP contribution in [-0.2, 0) is 28.6 Å². The van der Waals surface area contributed by atoms with Gasteiger partial charge in [0.1, 0.15) is 0 Å². The van der Waals surface area contributed by atoms with E-state index in [0.717, 1.165) is 179 Å². The minimum atomic E-state index is -0.184. The largest absolute Gasteiger partial charge is 0.466 e. The molecule has 0 aromatic heterocycles. The number of rotatable bonds is 16. The van der Waals surface area contributed by atoms with E-state index >= 15 is 0 Å². The Hall–Kier alpha value is -2.55. The average Bonchev–Trinajstić information content (AvgIpc) is 3.16. The summed E-state index contributed by atoms with van der Waals surface area (Å²) in [6.45, 7) is 17.0. The van der Waals surface area contributed by atoms with Crippen LogP contribution < -0.4 is 0 Å². The topological polar surface area (TPSA) is 82.1 Å². The van der Waals surface area contributed by atoms with Crippen LogP contribution in [-0.4, -0.2) is 62.3 Å². The number of ether oxygens (including phenoxy) is 3. The fraction of sp³-hybridized carbons (Fsp3) is 0.830. The van der Waals surface area contributed by atoms with Crippen LogP contribution in [0.1, 0.15) is 195 Å². The van der Waals surface area contributed by atoms with E-state index in [1.807, 2.05) is 0 Å². The highest BCUT2D eigenvalue weighted by Crippen LogP contribution is 2.33. The third-order valence-electron chi connectivity index (χ3n) is 11.1. The summed E-state index contributed by atoms with van der Waals surface area (Å²) in [6.07, 6.45) is 24.9. The number of unbranched alkanes of at least 4 members (excludes halogenated alkanes) is 5. The second-order valence-electron chi connectivity index (χ2n) is 15.5. The Bertz CT molecular complexity index is 1040. The van der Waals surface area contributed by atoms with Crippen molar-refractivity contribution in [1.29, 1.82) is 0 Å². The molecule has 1 aliphatic rings. The summed E-state index contributed by atoms with van der Waals surface area (Å²) in [4.78, 5) is 42.0. The Balaban J connectivity index is 2.92. The molecule has 7 heteroatoms. The molecule has 1 saturated heterocycles. The van der Waals surface area contributed by atoms with Gasteiger partial charge in [-0.1, -0.05) is 142 Å². The van der Waals surface area contributed by atoms with Crippen molar-refractivity contribution in [2.24, 2.45) is 17.8 Å². The van der Waals surface area contributed by atoms with Gasteiger partial charge in [-0.25, -0.2) is 0 Å². The van der Waals surface area contributed by atoms with Gasteiger partial charge in [0.05, 0.1) is 38.6 Å². The predicted molar refractivity (Wildman–Crippen MR) is 222 cm³/mol. The van der Waals surface area contributed by atoms with Crippen molar-refractivity contribution in [3.8, 4) is 0 Å². The van der Waals surface area contributed by atoms with Crippen molar-refractivity contribution in [2.75, 3.05) is 39.5 Å². The second kappa shape index (κ2) is 34.9. The number of nitrogens with zero attached hydrogens (tertiary/aromatic N) is 1.